The number of rotatable bonds is 10. The molecule has 0 spiro atoms. The summed E-state index contributed by atoms with van der Waals surface area (Å²) in [5.74, 6) is -0.0837. The fourth-order valence-electron chi connectivity index (χ4n) is 3.66. The van der Waals surface area contributed by atoms with Crippen LogP contribution in [0.5, 0.6) is 5.75 Å². The van der Waals surface area contributed by atoms with Crippen LogP contribution in [0, 0.1) is 0 Å². The Morgan fingerprint density at radius 2 is 2.12 bits per heavy atom. The summed E-state index contributed by atoms with van der Waals surface area (Å²) in [6, 6.07) is 6.13. The molecule has 4 rings (SSSR count). The number of anilines is 1. The maximum absolute atomic E-state index is 13.1. The molecule has 0 aliphatic rings. The first-order chi connectivity index (χ1) is 16.4. The van der Waals surface area contributed by atoms with Crippen molar-refractivity contribution in [3.63, 3.8) is 0 Å². The van der Waals surface area contributed by atoms with Crippen LogP contribution in [-0.2, 0) is 6.54 Å². The van der Waals surface area contributed by atoms with Gasteiger partial charge in [-0.25, -0.2) is 9.50 Å². The number of ether oxygens (including phenoxy) is 1. The molecular weight excluding hydrogens is 468 g/mol. The van der Waals surface area contributed by atoms with E-state index in [9.17, 15) is 13.9 Å². The number of aliphatic hydroxyl groups is 1. The second-order valence-corrected chi connectivity index (χ2v) is 8.06. The van der Waals surface area contributed by atoms with Crippen LogP contribution in [-0.4, -0.2) is 48.7 Å². The van der Waals surface area contributed by atoms with Crippen LogP contribution in [0.25, 0.3) is 16.9 Å². The molecule has 0 aliphatic carbocycles. The normalized spacial score (nSPS) is 13.4. The molecule has 12 heteroatoms. The molecule has 3 heterocycles. The van der Waals surface area contributed by atoms with Gasteiger partial charge < -0.3 is 20.5 Å². The van der Waals surface area contributed by atoms with Gasteiger partial charge in [0, 0.05) is 35.2 Å². The summed E-state index contributed by atoms with van der Waals surface area (Å²) in [7, 11) is 0. The molecular formula is C22H24ClF2N7O2. The second kappa shape index (κ2) is 10.3. The molecule has 0 radical (unpaired) electrons. The third-order valence-corrected chi connectivity index (χ3v) is 5.32. The van der Waals surface area contributed by atoms with E-state index in [2.05, 4.69) is 25.8 Å². The number of hydrogen-bond acceptors (Lipinski definition) is 7. The van der Waals surface area contributed by atoms with Crippen molar-refractivity contribution in [3.8, 4) is 17.0 Å². The highest BCUT2D eigenvalue weighted by atomic mass is 35.5. The highest BCUT2D eigenvalue weighted by molar-refractivity contribution is 6.31. The average molecular weight is 492 g/mol. The number of aliphatic hydroxyl groups excluding tert-OH is 1. The summed E-state index contributed by atoms with van der Waals surface area (Å²) >= 11 is 6.16. The van der Waals surface area contributed by atoms with Gasteiger partial charge in [0.05, 0.1) is 24.0 Å². The Hall–Kier alpha value is -3.28. The zero-order valence-corrected chi connectivity index (χ0v) is 19.2. The predicted molar refractivity (Wildman–Crippen MR) is 124 cm³/mol. The van der Waals surface area contributed by atoms with Gasteiger partial charge in [-0.1, -0.05) is 18.5 Å². The van der Waals surface area contributed by atoms with Gasteiger partial charge in [-0.15, -0.1) is 0 Å². The Labute approximate surface area is 199 Å². The summed E-state index contributed by atoms with van der Waals surface area (Å²) in [5, 5.41) is 26.4. The molecule has 0 fully saturated rings. The Kier molecular flexibility index (Phi) is 7.25. The molecule has 9 nitrogen and oxygen atoms in total. The number of likely N-dealkylation sites (N-methyl/N-ethyl adjacent to an activating group) is 1. The van der Waals surface area contributed by atoms with Gasteiger partial charge in [-0.05, 0) is 37.7 Å². The topological polar surface area (TPSA) is 102 Å². The van der Waals surface area contributed by atoms with E-state index in [0.717, 1.165) is 6.54 Å². The number of halogens is 3. The van der Waals surface area contributed by atoms with Crippen molar-refractivity contribution in [3.05, 3.63) is 59.6 Å². The Morgan fingerprint density at radius 3 is 2.88 bits per heavy atom. The van der Waals surface area contributed by atoms with Crippen LogP contribution < -0.4 is 15.4 Å². The molecule has 4 aromatic rings. The minimum atomic E-state index is -3.03. The van der Waals surface area contributed by atoms with Crippen LogP contribution in [0.4, 0.5) is 14.5 Å². The van der Waals surface area contributed by atoms with Crippen molar-refractivity contribution in [2.24, 2.45) is 0 Å². The van der Waals surface area contributed by atoms with Gasteiger partial charge in [-0.2, -0.15) is 19.0 Å². The number of aromatic nitrogens is 5. The van der Waals surface area contributed by atoms with Crippen molar-refractivity contribution < 1.29 is 18.6 Å². The van der Waals surface area contributed by atoms with E-state index in [1.165, 1.54) is 28.9 Å². The first kappa shape index (κ1) is 23.9. The van der Waals surface area contributed by atoms with E-state index in [1.807, 2.05) is 13.8 Å². The number of nitrogens with zero attached hydrogens (tertiary/aromatic N) is 5. The van der Waals surface area contributed by atoms with E-state index in [0.29, 0.717) is 34.2 Å². The Bertz CT molecular complexity index is 1260. The fourth-order valence-corrected chi connectivity index (χ4v) is 3.83. The summed E-state index contributed by atoms with van der Waals surface area (Å²) in [5.41, 5.74) is 1.87. The quantitative estimate of drug-likeness (QED) is 0.289. The molecule has 0 amide bonds. The van der Waals surface area contributed by atoms with Crippen LogP contribution in [0.2, 0.25) is 5.02 Å². The number of hydrogen-bond donors (Lipinski definition) is 3. The van der Waals surface area contributed by atoms with Crippen molar-refractivity contribution in [1.29, 1.82) is 0 Å². The molecule has 0 saturated carbocycles. The molecule has 0 bridgehead atoms. The minimum absolute atomic E-state index is 0.0837. The lowest BCUT2D eigenvalue weighted by Gasteiger charge is -2.14. The monoisotopic (exact) mass is 491 g/mol. The van der Waals surface area contributed by atoms with Crippen LogP contribution in [0.1, 0.15) is 25.6 Å². The lowest BCUT2D eigenvalue weighted by molar-refractivity contribution is -0.0494. The van der Waals surface area contributed by atoms with Gasteiger partial charge >= 0.3 is 6.61 Å². The molecule has 1 unspecified atom stereocenters. The summed E-state index contributed by atoms with van der Waals surface area (Å²) in [6.07, 6.45) is 5.30. The standard InChI is InChI=1S/C22H24ClF2N7O2/c1-3-26-13(2)11-31-12-17(29-21(33)16-10-28-32-8-4-7-27-20(16)32)19(30-31)15-9-14(23)5-6-18(15)34-22(24)25/h4-10,12-13,21-22,26,29,33H,3,11H2,1-2H3/t13-,21?/m0/s1. The van der Waals surface area contributed by atoms with Crippen molar-refractivity contribution in [1.82, 2.24) is 29.7 Å². The number of fused-ring (bicyclic) bond motifs is 1. The lowest BCUT2D eigenvalue weighted by Crippen LogP contribution is -2.30. The van der Waals surface area contributed by atoms with E-state index in [1.54, 1.807) is 29.3 Å². The molecule has 3 N–H and O–H groups in total. The Morgan fingerprint density at radius 1 is 1.29 bits per heavy atom. The number of benzene rings is 1. The SMILES string of the molecule is CCN[C@@H](C)Cn1cc(NC(O)c2cnn3cccnc23)c(-c2cc(Cl)ccc2OC(F)F)n1. The van der Waals surface area contributed by atoms with E-state index in [-0.39, 0.29) is 17.4 Å². The van der Waals surface area contributed by atoms with Crippen molar-refractivity contribution in [2.45, 2.75) is 39.3 Å². The van der Waals surface area contributed by atoms with E-state index < -0.39 is 12.8 Å². The molecule has 34 heavy (non-hydrogen) atoms. The maximum Gasteiger partial charge on any atom is 0.387 e. The largest absolute Gasteiger partial charge is 0.434 e. The summed E-state index contributed by atoms with van der Waals surface area (Å²) < 4.78 is 34.0. The van der Waals surface area contributed by atoms with Crippen molar-refractivity contribution >= 4 is 22.9 Å². The predicted octanol–water partition coefficient (Wildman–Crippen LogP) is 3.95. The highest BCUT2D eigenvalue weighted by Crippen LogP contribution is 2.38. The third kappa shape index (κ3) is 5.27. The average Bonchev–Trinajstić information content (AvgIpc) is 3.39. The molecule has 1 aromatic carbocycles. The Balaban J connectivity index is 1.74. The number of alkyl halides is 2. The maximum atomic E-state index is 13.1. The van der Waals surface area contributed by atoms with Gasteiger partial charge in [0.25, 0.3) is 0 Å². The first-order valence-corrected chi connectivity index (χ1v) is 11.0. The zero-order valence-electron chi connectivity index (χ0n) is 18.5. The van der Waals surface area contributed by atoms with Crippen LogP contribution >= 0.6 is 11.6 Å². The smallest absolute Gasteiger partial charge is 0.387 e. The second-order valence-electron chi connectivity index (χ2n) is 7.63. The fraction of sp³-hybridized carbons (Fsp3) is 0.318. The van der Waals surface area contributed by atoms with Crippen LogP contribution in [0.3, 0.4) is 0 Å². The first-order valence-electron chi connectivity index (χ1n) is 10.6. The molecule has 2 atom stereocenters. The van der Waals surface area contributed by atoms with Gasteiger partial charge in [-0.3, -0.25) is 4.68 Å². The zero-order chi connectivity index (χ0) is 24.2. The number of nitrogens with one attached hydrogen (secondary N) is 2. The van der Waals surface area contributed by atoms with E-state index >= 15 is 0 Å². The van der Waals surface area contributed by atoms with E-state index in [4.69, 9.17) is 16.3 Å². The minimum Gasteiger partial charge on any atom is -0.434 e. The van der Waals surface area contributed by atoms with Gasteiger partial charge in [0.2, 0.25) is 0 Å². The summed E-state index contributed by atoms with van der Waals surface area (Å²) in [4.78, 5) is 4.26. The lowest BCUT2D eigenvalue weighted by atomic mass is 10.1. The van der Waals surface area contributed by atoms with Crippen LogP contribution in [0.15, 0.2) is 49.1 Å². The highest BCUT2D eigenvalue weighted by Gasteiger charge is 2.22. The molecule has 3 aromatic heterocycles. The molecule has 0 saturated heterocycles. The molecule has 0 aliphatic heterocycles. The molecule has 180 valence electrons. The van der Waals surface area contributed by atoms with Crippen molar-refractivity contribution in [2.75, 3.05) is 11.9 Å². The van der Waals surface area contributed by atoms with Gasteiger partial charge in [0.15, 0.2) is 11.9 Å². The van der Waals surface area contributed by atoms with Gasteiger partial charge in [0.1, 0.15) is 11.4 Å². The summed E-state index contributed by atoms with van der Waals surface area (Å²) in [6.45, 7) is 2.26. The third-order valence-electron chi connectivity index (χ3n) is 5.08.